The van der Waals surface area contributed by atoms with E-state index in [0.29, 0.717) is 13.2 Å². The third-order valence-corrected chi connectivity index (χ3v) is 2.14. The minimum atomic E-state index is -0.661. The van der Waals surface area contributed by atoms with Gasteiger partial charge in [0.2, 0.25) is 17.7 Å². The molecule has 0 atom stereocenters. The van der Waals surface area contributed by atoms with Gasteiger partial charge in [-0.15, -0.1) is 0 Å². The molecule has 0 aromatic carbocycles. The van der Waals surface area contributed by atoms with Crippen molar-refractivity contribution in [3.8, 4) is 0 Å². The second-order valence-corrected chi connectivity index (χ2v) is 3.53. The van der Waals surface area contributed by atoms with Crippen molar-refractivity contribution < 1.29 is 14.5 Å². The van der Waals surface area contributed by atoms with E-state index in [9.17, 15) is 14.9 Å². The van der Waals surface area contributed by atoms with Gasteiger partial charge in [0.1, 0.15) is 6.20 Å². The average Bonchev–Trinajstić information content (AvgIpc) is 2.44. The molecule has 0 radical (unpaired) electrons. The van der Waals surface area contributed by atoms with E-state index in [1.54, 1.807) is 0 Å². The lowest BCUT2D eigenvalue weighted by atomic mass is 10.4. The molecule has 1 rings (SSSR count). The van der Waals surface area contributed by atoms with E-state index in [4.69, 9.17) is 10.6 Å². The highest BCUT2D eigenvalue weighted by molar-refractivity contribution is 5.81. The number of rotatable bonds is 8. The number of amides is 1. The maximum Gasteiger partial charge on any atom is 0.329 e. The van der Waals surface area contributed by atoms with Crippen LogP contribution >= 0.6 is 0 Å². The third-order valence-electron chi connectivity index (χ3n) is 2.14. The van der Waals surface area contributed by atoms with Crippen LogP contribution in [0.4, 0.5) is 17.5 Å². The molecule has 0 unspecified atom stereocenters. The van der Waals surface area contributed by atoms with Gasteiger partial charge in [-0.2, -0.15) is 4.98 Å². The number of carbonyl (C=O) groups is 1. The standard InChI is InChI=1S/C9H15N7O4/c1-20-3-2-11-7(17)5-12-8-6(16(18)19)4-13-9(14-8)15-10/h4H,2-3,5,10H2,1H3,(H,11,17)(H2,12,13,14,15). The predicted octanol–water partition coefficient (Wildman–Crippen LogP) is -1.16. The topological polar surface area (TPSA) is 157 Å². The van der Waals surface area contributed by atoms with E-state index < -0.39 is 4.92 Å². The molecule has 20 heavy (non-hydrogen) atoms. The summed E-state index contributed by atoms with van der Waals surface area (Å²) in [7, 11) is 1.51. The Balaban J connectivity index is 2.65. The summed E-state index contributed by atoms with van der Waals surface area (Å²) in [6.45, 7) is 0.546. The van der Waals surface area contributed by atoms with Crippen LogP contribution in [-0.4, -0.2) is 47.6 Å². The molecule has 1 aromatic heterocycles. The number of nitrogens with one attached hydrogen (secondary N) is 3. The van der Waals surface area contributed by atoms with Crippen LogP contribution in [0.25, 0.3) is 0 Å². The largest absolute Gasteiger partial charge is 0.383 e. The number of methoxy groups -OCH3 is 1. The quantitative estimate of drug-likeness (QED) is 0.200. The van der Waals surface area contributed by atoms with Gasteiger partial charge in [0.25, 0.3) is 0 Å². The molecule has 0 saturated carbocycles. The molecule has 1 amide bonds. The van der Waals surface area contributed by atoms with Gasteiger partial charge >= 0.3 is 5.69 Å². The van der Waals surface area contributed by atoms with Crippen LogP contribution in [0.5, 0.6) is 0 Å². The van der Waals surface area contributed by atoms with Crippen molar-refractivity contribution in [2.45, 2.75) is 0 Å². The smallest absolute Gasteiger partial charge is 0.329 e. The lowest BCUT2D eigenvalue weighted by Crippen LogP contribution is -2.32. The fourth-order valence-electron chi connectivity index (χ4n) is 1.23. The Morgan fingerprint density at radius 3 is 2.95 bits per heavy atom. The Kier molecular flexibility index (Phi) is 6.06. The van der Waals surface area contributed by atoms with Crippen LogP contribution in [0.1, 0.15) is 0 Å². The number of ether oxygens (including phenoxy) is 1. The van der Waals surface area contributed by atoms with Crippen molar-refractivity contribution in [2.75, 3.05) is 37.5 Å². The molecule has 1 aromatic rings. The monoisotopic (exact) mass is 285 g/mol. The number of anilines is 2. The molecule has 11 heteroatoms. The number of nitrogens with two attached hydrogens (primary N) is 1. The maximum absolute atomic E-state index is 11.4. The molecule has 0 fully saturated rings. The SMILES string of the molecule is COCCNC(=O)CNc1nc(NN)ncc1[N+](=O)[O-]. The van der Waals surface area contributed by atoms with Gasteiger partial charge in [-0.05, 0) is 0 Å². The molecule has 0 bridgehead atoms. The Labute approximate surface area is 114 Å². The van der Waals surface area contributed by atoms with Crippen LogP contribution in [0.3, 0.4) is 0 Å². The van der Waals surface area contributed by atoms with E-state index >= 15 is 0 Å². The van der Waals surface area contributed by atoms with Crippen LogP contribution in [0, 0.1) is 10.1 Å². The van der Waals surface area contributed by atoms with Gasteiger partial charge < -0.3 is 15.4 Å². The highest BCUT2D eigenvalue weighted by Crippen LogP contribution is 2.21. The summed E-state index contributed by atoms with van der Waals surface area (Å²) >= 11 is 0. The van der Waals surface area contributed by atoms with Crippen LogP contribution in [-0.2, 0) is 9.53 Å². The number of nitrogen functional groups attached to an aromatic ring is 1. The lowest BCUT2D eigenvalue weighted by molar-refractivity contribution is -0.384. The van der Waals surface area contributed by atoms with Gasteiger partial charge in [0.15, 0.2) is 0 Å². The van der Waals surface area contributed by atoms with Crippen molar-refractivity contribution in [2.24, 2.45) is 5.84 Å². The first-order chi connectivity index (χ1) is 9.58. The number of nitro groups is 1. The highest BCUT2D eigenvalue weighted by atomic mass is 16.6. The minimum absolute atomic E-state index is 0.00195. The molecule has 0 aliphatic rings. The zero-order chi connectivity index (χ0) is 15.0. The van der Waals surface area contributed by atoms with E-state index in [2.05, 4.69) is 26.0 Å². The fourth-order valence-corrected chi connectivity index (χ4v) is 1.23. The fraction of sp³-hybridized carbons (Fsp3) is 0.444. The Morgan fingerprint density at radius 1 is 1.60 bits per heavy atom. The van der Waals surface area contributed by atoms with Gasteiger partial charge in [-0.3, -0.25) is 20.3 Å². The zero-order valence-electron chi connectivity index (χ0n) is 10.8. The van der Waals surface area contributed by atoms with Gasteiger partial charge in [-0.1, -0.05) is 0 Å². The molecule has 5 N–H and O–H groups in total. The molecule has 0 aliphatic heterocycles. The third kappa shape index (κ3) is 4.62. The predicted molar refractivity (Wildman–Crippen MR) is 69.9 cm³/mol. The van der Waals surface area contributed by atoms with Crippen molar-refractivity contribution >= 4 is 23.4 Å². The lowest BCUT2D eigenvalue weighted by Gasteiger charge is -2.08. The first-order valence-corrected chi connectivity index (χ1v) is 5.56. The number of hydrazine groups is 1. The molecule has 0 aliphatic carbocycles. The summed E-state index contributed by atoms with van der Waals surface area (Å²) in [6.07, 6.45) is 0.993. The minimum Gasteiger partial charge on any atom is -0.383 e. The maximum atomic E-state index is 11.4. The van der Waals surface area contributed by atoms with Crippen LogP contribution in [0.15, 0.2) is 6.20 Å². The average molecular weight is 285 g/mol. The van der Waals surface area contributed by atoms with Gasteiger partial charge in [0.05, 0.1) is 18.1 Å². The molecule has 0 spiro atoms. The molecular weight excluding hydrogens is 270 g/mol. The van der Waals surface area contributed by atoms with E-state index in [-0.39, 0.29) is 29.9 Å². The highest BCUT2D eigenvalue weighted by Gasteiger charge is 2.17. The zero-order valence-corrected chi connectivity index (χ0v) is 10.8. The summed E-state index contributed by atoms with van der Waals surface area (Å²) in [5, 5.41) is 15.9. The van der Waals surface area contributed by atoms with Gasteiger partial charge in [0, 0.05) is 13.7 Å². The summed E-state index contributed by atoms with van der Waals surface area (Å²) < 4.78 is 4.77. The normalized spacial score (nSPS) is 9.90. The van der Waals surface area contributed by atoms with E-state index in [0.717, 1.165) is 6.20 Å². The van der Waals surface area contributed by atoms with Crippen molar-refractivity contribution in [3.05, 3.63) is 16.3 Å². The number of hydrogen-bond acceptors (Lipinski definition) is 9. The summed E-state index contributed by atoms with van der Waals surface area (Å²) in [4.78, 5) is 29.0. The van der Waals surface area contributed by atoms with Crippen molar-refractivity contribution in [1.82, 2.24) is 15.3 Å². The van der Waals surface area contributed by atoms with Crippen LogP contribution < -0.4 is 21.9 Å². The molecular formula is C9H15N7O4. The summed E-state index contributed by atoms with van der Waals surface area (Å²) in [5.74, 6) is 4.67. The Bertz CT molecular complexity index is 481. The molecule has 11 nitrogen and oxygen atoms in total. The Morgan fingerprint density at radius 2 is 2.35 bits per heavy atom. The first-order valence-electron chi connectivity index (χ1n) is 5.56. The van der Waals surface area contributed by atoms with E-state index in [1.165, 1.54) is 7.11 Å². The van der Waals surface area contributed by atoms with Crippen LogP contribution in [0.2, 0.25) is 0 Å². The number of carbonyl (C=O) groups excluding carboxylic acids is 1. The number of aromatic nitrogens is 2. The first kappa shape index (κ1) is 15.5. The van der Waals surface area contributed by atoms with Gasteiger partial charge in [-0.25, -0.2) is 10.8 Å². The Hall–Kier alpha value is -2.53. The molecule has 110 valence electrons. The number of hydrogen-bond donors (Lipinski definition) is 4. The van der Waals surface area contributed by atoms with E-state index in [1.807, 2.05) is 0 Å². The molecule has 1 heterocycles. The van der Waals surface area contributed by atoms with Crippen molar-refractivity contribution in [3.63, 3.8) is 0 Å². The summed E-state index contributed by atoms with van der Waals surface area (Å²) in [5.41, 5.74) is 1.81. The second kappa shape index (κ2) is 7.81. The second-order valence-electron chi connectivity index (χ2n) is 3.53. The summed E-state index contributed by atoms with van der Waals surface area (Å²) in [6, 6.07) is 0. The molecule has 0 saturated heterocycles. The number of nitrogens with zero attached hydrogens (tertiary/aromatic N) is 3. The van der Waals surface area contributed by atoms with Crippen molar-refractivity contribution in [1.29, 1.82) is 0 Å².